The summed E-state index contributed by atoms with van der Waals surface area (Å²) in [5.74, 6) is -0.549. The number of amides is 2. The summed E-state index contributed by atoms with van der Waals surface area (Å²) < 4.78 is 0. The highest BCUT2D eigenvalue weighted by molar-refractivity contribution is 6.08. The van der Waals surface area contributed by atoms with E-state index in [2.05, 4.69) is 22.2 Å². The smallest absolute Gasteiger partial charge is 0.268 e. The van der Waals surface area contributed by atoms with Gasteiger partial charge in [0, 0.05) is 27.6 Å². The maximum absolute atomic E-state index is 12.5. The van der Waals surface area contributed by atoms with Gasteiger partial charge >= 0.3 is 0 Å². The fourth-order valence-corrected chi connectivity index (χ4v) is 3.46. The molecule has 0 spiro atoms. The Balaban J connectivity index is 2.20. The molecule has 0 radical (unpaired) electrons. The van der Waals surface area contributed by atoms with Crippen molar-refractivity contribution in [3.63, 3.8) is 0 Å². The summed E-state index contributed by atoms with van der Waals surface area (Å²) in [6, 6.07) is 5.45. The quantitative estimate of drug-likeness (QED) is 0.438. The molecule has 0 saturated carbocycles. The highest BCUT2D eigenvalue weighted by Crippen LogP contribution is 2.35. The Hall–Kier alpha value is -3.12. The van der Waals surface area contributed by atoms with Crippen LogP contribution in [0, 0.1) is 0 Å². The van der Waals surface area contributed by atoms with Crippen molar-refractivity contribution in [2.45, 2.75) is 45.6 Å². The zero-order valence-electron chi connectivity index (χ0n) is 17.9. The molecule has 3 rings (SSSR count). The van der Waals surface area contributed by atoms with Crippen LogP contribution in [0.2, 0.25) is 0 Å². The molecular formula is C24H29N3O3. The second-order valence-corrected chi connectivity index (χ2v) is 8.33. The maximum atomic E-state index is 12.5. The summed E-state index contributed by atoms with van der Waals surface area (Å²) in [6.45, 7) is 11.6. The van der Waals surface area contributed by atoms with Gasteiger partial charge in [-0.3, -0.25) is 9.59 Å². The number of para-hydroxylation sites is 1. The number of allylic oxidation sites excluding steroid dienone is 2. The van der Waals surface area contributed by atoms with Crippen LogP contribution in [0.3, 0.4) is 0 Å². The molecule has 1 aromatic carbocycles. The Morgan fingerprint density at radius 1 is 1.30 bits per heavy atom. The lowest BCUT2D eigenvalue weighted by Crippen LogP contribution is -2.53. The van der Waals surface area contributed by atoms with E-state index in [-0.39, 0.29) is 29.5 Å². The number of carbonyl (C=O) groups excluding carboxylic acids is 2. The molecule has 1 aliphatic rings. The first-order chi connectivity index (χ1) is 14.2. The SMILES string of the molecule is C=CC(C)(C)c1[nH]c2c(CC=C(C)CO)cccc2c1C=C1NC(=O)C(C)NC1=O. The van der Waals surface area contributed by atoms with Gasteiger partial charge in [0.25, 0.3) is 5.91 Å². The van der Waals surface area contributed by atoms with E-state index in [9.17, 15) is 14.7 Å². The molecule has 2 aromatic rings. The van der Waals surface area contributed by atoms with Crippen LogP contribution < -0.4 is 10.6 Å². The van der Waals surface area contributed by atoms with Crippen molar-refractivity contribution in [2.75, 3.05) is 6.61 Å². The first-order valence-corrected chi connectivity index (χ1v) is 10.1. The number of aromatic nitrogens is 1. The summed E-state index contributed by atoms with van der Waals surface area (Å²) in [4.78, 5) is 28.1. The molecule has 30 heavy (non-hydrogen) atoms. The molecule has 2 heterocycles. The highest BCUT2D eigenvalue weighted by atomic mass is 16.3. The number of aliphatic hydroxyl groups excluding tert-OH is 1. The van der Waals surface area contributed by atoms with Crippen molar-refractivity contribution >= 4 is 28.8 Å². The van der Waals surface area contributed by atoms with Crippen molar-refractivity contribution in [2.24, 2.45) is 0 Å². The van der Waals surface area contributed by atoms with Crippen molar-refractivity contribution in [3.05, 3.63) is 65.0 Å². The standard InChI is InChI=1S/C24H29N3O3/c1-6-24(4,5)21-18(12-19-23(30)25-15(3)22(29)26-19)17-9-7-8-16(20(17)27-21)11-10-14(2)13-28/h6-10,12,15,27-28H,1,11,13H2,2-5H3,(H,25,30)(H,26,29). The average Bonchev–Trinajstić information content (AvgIpc) is 3.10. The summed E-state index contributed by atoms with van der Waals surface area (Å²) in [6.07, 6.45) is 6.26. The topological polar surface area (TPSA) is 94.2 Å². The van der Waals surface area contributed by atoms with Crippen molar-refractivity contribution in [3.8, 4) is 0 Å². The monoisotopic (exact) mass is 407 g/mol. The molecule has 1 aliphatic heterocycles. The molecule has 1 unspecified atom stereocenters. The molecule has 4 N–H and O–H groups in total. The first-order valence-electron chi connectivity index (χ1n) is 10.1. The molecule has 1 aromatic heterocycles. The van der Waals surface area contributed by atoms with Gasteiger partial charge in [-0.2, -0.15) is 0 Å². The van der Waals surface area contributed by atoms with Crippen LogP contribution in [0.25, 0.3) is 17.0 Å². The minimum Gasteiger partial charge on any atom is -0.392 e. The van der Waals surface area contributed by atoms with Crippen molar-refractivity contribution in [1.29, 1.82) is 0 Å². The number of hydrogen-bond acceptors (Lipinski definition) is 3. The molecule has 1 fully saturated rings. The van der Waals surface area contributed by atoms with Gasteiger partial charge in [-0.15, -0.1) is 6.58 Å². The molecule has 0 bridgehead atoms. The van der Waals surface area contributed by atoms with Gasteiger partial charge in [-0.1, -0.05) is 49.8 Å². The van der Waals surface area contributed by atoms with Gasteiger partial charge in [-0.25, -0.2) is 0 Å². The fraction of sp³-hybridized carbons (Fsp3) is 0.333. The second-order valence-electron chi connectivity index (χ2n) is 8.33. The first kappa shape index (κ1) is 21.6. The van der Waals surface area contributed by atoms with Crippen LogP contribution in [0.1, 0.15) is 44.5 Å². The van der Waals surface area contributed by atoms with Crippen LogP contribution in [0.5, 0.6) is 0 Å². The number of carbonyl (C=O) groups is 2. The van der Waals surface area contributed by atoms with Crippen LogP contribution in [0.4, 0.5) is 0 Å². The molecule has 1 atom stereocenters. The van der Waals surface area contributed by atoms with E-state index < -0.39 is 6.04 Å². The lowest BCUT2D eigenvalue weighted by molar-refractivity contribution is -0.130. The number of rotatable bonds is 6. The lowest BCUT2D eigenvalue weighted by atomic mass is 9.86. The molecule has 1 saturated heterocycles. The molecule has 6 heteroatoms. The maximum Gasteiger partial charge on any atom is 0.268 e. The predicted molar refractivity (Wildman–Crippen MR) is 120 cm³/mol. The van der Waals surface area contributed by atoms with E-state index >= 15 is 0 Å². The molecule has 0 aliphatic carbocycles. The molecule has 158 valence electrons. The molecule has 2 amide bonds. The third kappa shape index (κ3) is 4.09. The Labute approximate surface area is 176 Å². The average molecular weight is 408 g/mol. The van der Waals surface area contributed by atoms with E-state index in [4.69, 9.17) is 0 Å². The van der Waals surface area contributed by atoms with E-state index in [0.717, 1.165) is 33.3 Å². The van der Waals surface area contributed by atoms with E-state index in [0.29, 0.717) is 6.42 Å². The second kappa shape index (κ2) is 8.32. The summed E-state index contributed by atoms with van der Waals surface area (Å²) in [5.41, 5.74) is 4.55. The molecular weight excluding hydrogens is 378 g/mol. The Morgan fingerprint density at radius 2 is 2.03 bits per heavy atom. The van der Waals surface area contributed by atoms with E-state index in [1.807, 2.05) is 51.1 Å². The van der Waals surface area contributed by atoms with Gasteiger partial charge in [-0.05, 0) is 31.9 Å². The highest BCUT2D eigenvalue weighted by Gasteiger charge is 2.29. The van der Waals surface area contributed by atoms with E-state index in [1.165, 1.54) is 0 Å². The Morgan fingerprint density at radius 3 is 2.70 bits per heavy atom. The zero-order valence-corrected chi connectivity index (χ0v) is 17.9. The van der Waals surface area contributed by atoms with Gasteiger partial charge < -0.3 is 20.7 Å². The summed E-state index contributed by atoms with van der Waals surface area (Å²) in [7, 11) is 0. The number of piperazine rings is 1. The predicted octanol–water partition coefficient (Wildman–Crippen LogP) is 3.09. The Bertz CT molecular complexity index is 1070. The third-order valence-electron chi connectivity index (χ3n) is 5.57. The number of H-pyrrole nitrogens is 1. The zero-order chi connectivity index (χ0) is 22.1. The fourth-order valence-electron chi connectivity index (χ4n) is 3.46. The largest absolute Gasteiger partial charge is 0.392 e. The summed E-state index contributed by atoms with van der Waals surface area (Å²) in [5, 5.41) is 15.6. The third-order valence-corrected chi connectivity index (χ3v) is 5.57. The van der Waals surface area contributed by atoms with Gasteiger partial charge in [0.05, 0.1) is 6.61 Å². The number of hydrogen-bond donors (Lipinski definition) is 4. The minimum atomic E-state index is -0.560. The number of aromatic amines is 1. The van der Waals surface area contributed by atoms with Crippen LogP contribution in [0.15, 0.2) is 48.2 Å². The Kier molecular flexibility index (Phi) is 5.99. The van der Waals surface area contributed by atoms with Gasteiger partial charge in [0.1, 0.15) is 11.7 Å². The normalized spacial score (nSPS) is 19.2. The number of nitrogens with one attached hydrogen (secondary N) is 3. The number of fused-ring (bicyclic) bond motifs is 1. The number of aliphatic hydroxyl groups is 1. The van der Waals surface area contributed by atoms with Crippen LogP contribution in [-0.2, 0) is 21.4 Å². The van der Waals surface area contributed by atoms with Crippen LogP contribution >= 0.6 is 0 Å². The van der Waals surface area contributed by atoms with Crippen molar-refractivity contribution < 1.29 is 14.7 Å². The summed E-state index contributed by atoms with van der Waals surface area (Å²) >= 11 is 0. The lowest BCUT2D eigenvalue weighted by Gasteiger charge is -2.23. The molecule has 6 nitrogen and oxygen atoms in total. The minimum absolute atomic E-state index is 0.0278. The number of benzene rings is 1. The van der Waals surface area contributed by atoms with Gasteiger partial charge in [0.15, 0.2) is 0 Å². The van der Waals surface area contributed by atoms with Crippen LogP contribution in [-0.4, -0.2) is 34.6 Å². The van der Waals surface area contributed by atoms with Crippen molar-refractivity contribution in [1.82, 2.24) is 15.6 Å². The van der Waals surface area contributed by atoms with E-state index in [1.54, 1.807) is 13.0 Å². The van der Waals surface area contributed by atoms with Gasteiger partial charge in [0.2, 0.25) is 5.91 Å².